The van der Waals surface area contributed by atoms with Crippen LogP contribution in [0.25, 0.3) is 0 Å². The molecule has 2 unspecified atom stereocenters. The molecule has 2 atom stereocenters. The lowest BCUT2D eigenvalue weighted by Crippen LogP contribution is -2.12. The third kappa shape index (κ3) is 2.24. The summed E-state index contributed by atoms with van der Waals surface area (Å²) in [6.45, 7) is 2.22. The quantitative estimate of drug-likeness (QED) is 0.600. The molecule has 1 fully saturated rings. The Morgan fingerprint density at radius 3 is 2.91 bits per heavy atom. The van der Waals surface area contributed by atoms with Crippen molar-refractivity contribution in [2.24, 2.45) is 5.41 Å². The van der Waals surface area contributed by atoms with E-state index in [4.69, 9.17) is 6.42 Å². The SMILES string of the molecule is C#CCCC1(C)CCC(O)C1. The van der Waals surface area contributed by atoms with Crippen LogP contribution in [0.5, 0.6) is 0 Å². The van der Waals surface area contributed by atoms with Crippen molar-refractivity contribution in [1.29, 1.82) is 0 Å². The number of aliphatic hydroxyl groups is 1. The minimum absolute atomic E-state index is 0.0715. The first-order chi connectivity index (χ1) is 5.16. The topological polar surface area (TPSA) is 20.2 Å². The zero-order valence-electron chi connectivity index (χ0n) is 7.14. The van der Waals surface area contributed by atoms with Crippen molar-refractivity contribution >= 4 is 0 Å². The highest BCUT2D eigenvalue weighted by molar-refractivity contribution is 4.91. The molecule has 1 rings (SSSR count). The fourth-order valence-corrected chi connectivity index (χ4v) is 1.89. The number of rotatable bonds is 2. The predicted molar refractivity (Wildman–Crippen MR) is 46.0 cm³/mol. The second-order valence-electron chi connectivity index (χ2n) is 3.91. The van der Waals surface area contributed by atoms with Gasteiger partial charge in [-0.15, -0.1) is 12.3 Å². The van der Waals surface area contributed by atoms with Crippen LogP contribution < -0.4 is 0 Å². The van der Waals surface area contributed by atoms with Crippen molar-refractivity contribution in [1.82, 2.24) is 0 Å². The minimum atomic E-state index is -0.0715. The molecule has 62 valence electrons. The first-order valence-corrected chi connectivity index (χ1v) is 4.28. The third-order valence-electron chi connectivity index (χ3n) is 2.68. The molecule has 0 radical (unpaired) electrons. The molecule has 1 aliphatic rings. The number of hydrogen-bond donors (Lipinski definition) is 1. The highest BCUT2D eigenvalue weighted by Gasteiger charge is 2.33. The van der Waals surface area contributed by atoms with Gasteiger partial charge in [0, 0.05) is 6.42 Å². The summed E-state index contributed by atoms with van der Waals surface area (Å²) < 4.78 is 0. The lowest BCUT2D eigenvalue weighted by molar-refractivity contribution is 0.161. The van der Waals surface area contributed by atoms with E-state index in [1.165, 1.54) is 0 Å². The van der Waals surface area contributed by atoms with E-state index in [-0.39, 0.29) is 6.10 Å². The Bertz CT molecular complexity index is 168. The highest BCUT2D eigenvalue weighted by atomic mass is 16.3. The van der Waals surface area contributed by atoms with Crippen LogP contribution in [0.1, 0.15) is 39.0 Å². The van der Waals surface area contributed by atoms with E-state index in [9.17, 15) is 5.11 Å². The van der Waals surface area contributed by atoms with Gasteiger partial charge in [0.05, 0.1) is 6.10 Å². The summed E-state index contributed by atoms with van der Waals surface area (Å²) in [6.07, 6.45) is 10.1. The van der Waals surface area contributed by atoms with Gasteiger partial charge in [-0.05, 0) is 31.1 Å². The van der Waals surface area contributed by atoms with Gasteiger partial charge in [0.15, 0.2) is 0 Å². The number of aliphatic hydroxyl groups excluding tert-OH is 1. The van der Waals surface area contributed by atoms with Crippen LogP contribution >= 0.6 is 0 Å². The molecule has 11 heavy (non-hydrogen) atoms. The van der Waals surface area contributed by atoms with E-state index in [0.717, 1.165) is 32.1 Å². The molecule has 0 saturated heterocycles. The predicted octanol–water partition coefficient (Wildman–Crippen LogP) is 1.95. The summed E-state index contributed by atoms with van der Waals surface area (Å²) in [5.41, 5.74) is 0.325. The molecule has 0 bridgehead atoms. The summed E-state index contributed by atoms with van der Waals surface area (Å²) in [5, 5.41) is 9.31. The van der Waals surface area contributed by atoms with Gasteiger partial charge in [-0.1, -0.05) is 6.92 Å². The molecule has 1 nitrogen and oxygen atoms in total. The monoisotopic (exact) mass is 152 g/mol. The minimum Gasteiger partial charge on any atom is -0.393 e. The van der Waals surface area contributed by atoms with E-state index >= 15 is 0 Å². The molecule has 0 aromatic carbocycles. The lowest BCUT2D eigenvalue weighted by Gasteiger charge is -2.21. The standard InChI is InChI=1S/C10H16O/c1-3-4-6-10(2)7-5-9(11)8-10/h1,9,11H,4-8H2,2H3. The number of hydrogen-bond acceptors (Lipinski definition) is 1. The molecule has 0 spiro atoms. The molecule has 0 heterocycles. The van der Waals surface area contributed by atoms with Crippen molar-refractivity contribution < 1.29 is 5.11 Å². The number of terminal acetylenes is 1. The Balaban J connectivity index is 2.37. The summed E-state index contributed by atoms with van der Waals surface area (Å²) >= 11 is 0. The third-order valence-corrected chi connectivity index (χ3v) is 2.68. The van der Waals surface area contributed by atoms with Gasteiger partial charge < -0.3 is 5.11 Å². The van der Waals surface area contributed by atoms with Gasteiger partial charge in [0.2, 0.25) is 0 Å². The smallest absolute Gasteiger partial charge is 0.0545 e. The van der Waals surface area contributed by atoms with Crippen LogP contribution in [0.3, 0.4) is 0 Å². The molecule has 0 aromatic rings. The fraction of sp³-hybridized carbons (Fsp3) is 0.800. The van der Waals surface area contributed by atoms with E-state index in [1.807, 2.05) is 0 Å². The maximum Gasteiger partial charge on any atom is 0.0545 e. The van der Waals surface area contributed by atoms with E-state index in [1.54, 1.807) is 0 Å². The average molecular weight is 152 g/mol. The first-order valence-electron chi connectivity index (χ1n) is 4.28. The van der Waals surface area contributed by atoms with Gasteiger partial charge in [0.1, 0.15) is 0 Å². The maximum atomic E-state index is 9.31. The second-order valence-corrected chi connectivity index (χ2v) is 3.91. The van der Waals surface area contributed by atoms with Crippen LogP contribution in [0, 0.1) is 17.8 Å². The van der Waals surface area contributed by atoms with Crippen LogP contribution in [-0.4, -0.2) is 11.2 Å². The van der Waals surface area contributed by atoms with Gasteiger partial charge in [-0.3, -0.25) is 0 Å². The first kappa shape index (κ1) is 8.62. The van der Waals surface area contributed by atoms with Gasteiger partial charge in [-0.2, -0.15) is 0 Å². The Morgan fingerprint density at radius 1 is 1.73 bits per heavy atom. The molecule has 1 saturated carbocycles. The Hall–Kier alpha value is -0.480. The van der Waals surface area contributed by atoms with Gasteiger partial charge in [0.25, 0.3) is 0 Å². The van der Waals surface area contributed by atoms with Crippen molar-refractivity contribution in [2.75, 3.05) is 0 Å². The Labute approximate surface area is 68.8 Å². The van der Waals surface area contributed by atoms with Gasteiger partial charge in [-0.25, -0.2) is 0 Å². The molecule has 1 aliphatic carbocycles. The molecule has 1 N–H and O–H groups in total. The zero-order chi connectivity index (χ0) is 8.32. The Kier molecular flexibility index (Phi) is 2.57. The summed E-state index contributed by atoms with van der Waals surface area (Å²) in [5.74, 6) is 2.65. The fourth-order valence-electron chi connectivity index (χ4n) is 1.89. The Morgan fingerprint density at radius 2 is 2.45 bits per heavy atom. The normalized spacial score (nSPS) is 37.0. The van der Waals surface area contributed by atoms with E-state index in [2.05, 4.69) is 12.8 Å². The maximum absolute atomic E-state index is 9.31. The summed E-state index contributed by atoms with van der Waals surface area (Å²) in [7, 11) is 0. The van der Waals surface area contributed by atoms with Crippen molar-refractivity contribution in [3.05, 3.63) is 0 Å². The molecule has 0 aromatic heterocycles. The van der Waals surface area contributed by atoms with E-state index in [0.29, 0.717) is 5.41 Å². The highest BCUT2D eigenvalue weighted by Crippen LogP contribution is 2.41. The van der Waals surface area contributed by atoms with Crippen LogP contribution in [0.4, 0.5) is 0 Å². The van der Waals surface area contributed by atoms with Crippen molar-refractivity contribution in [3.8, 4) is 12.3 Å². The molecule has 1 heteroatoms. The van der Waals surface area contributed by atoms with Crippen LogP contribution in [0.15, 0.2) is 0 Å². The molecular weight excluding hydrogens is 136 g/mol. The summed E-state index contributed by atoms with van der Waals surface area (Å²) in [6, 6.07) is 0. The van der Waals surface area contributed by atoms with Crippen molar-refractivity contribution in [2.45, 2.75) is 45.1 Å². The van der Waals surface area contributed by atoms with Gasteiger partial charge >= 0.3 is 0 Å². The zero-order valence-corrected chi connectivity index (χ0v) is 7.14. The lowest BCUT2D eigenvalue weighted by atomic mass is 9.84. The average Bonchev–Trinajstić information content (AvgIpc) is 2.28. The van der Waals surface area contributed by atoms with Crippen molar-refractivity contribution in [3.63, 3.8) is 0 Å². The molecular formula is C10H16O. The molecule has 0 amide bonds. The van der Waals surface area contributed by atoms with Crippen LogP contribution in [0.2, 0.25) is 0 Å². The van der Waals surface area contributed by atoms with Crippen LogP contribution in [-0.2, 0) is 0 Å². The second kappa shape index (κ2) is 3.28. The largest absolute Gasteiger partial charge is 0.393 e. The summed E-state index contributed by atoms with van der Waals surface area (Å²) in [4.78, 5) is 0. The molecule has 0 aliphatic heterocycles. The van der Waals surface area contributed by atoms with E-state index < -0.39 is 0 Å².